The molecule has 224 valence electrons. The molecule has 0 unspecified atom stereocenters. The number of methoxy groups -OCH3 is 2. The Hall–Kier alpha value is -3.86. The molecule has 3 amide bonds. The molecule has 1 aliphatic heterocycles. The second-order valence-corrected chi connectivity index (χ2v) is 11.5. The minimum absolute atomic E-state index is 0.256. The summed E-state index contributed by atoms with van der Waals surface area (Å²) in [5, 5.41) is 9.39. The van der Waals surface area contributed by atoms with E-state index in [2.05, 4.69) is 66.3 Å². The molecule has 43 heavy (non-hydrogen) atoms. The molecule has 0 aromatic heterocycles. The predicted octanol–water partition coefficient (Wildman–Crippen LogP) is 4.81. The number of esters is 1. The number of ether oxygens (including phenoxy) is 4. The zero-order valence-corrected chi connectivity index (χ0v) is 27.7. The maximum Gasteiger partial charge on any atom is 0.337 e. The molecule has 0 radical (unpaired) electrons. The molecule has 0 saturated heterocycles. The topological polar surface area (TPSA) is 137 Å². The van der Waals surface area contributed by atoms with Crippen molar-refractivity contribution < 1.29 is 33.3 Å². The average Bonchev–Trinajstić information content (AvgIpc) is 2.99. The standard InChI is InChI=1S/C30H28I2N4O7/c1-17-26(29(38)41-3)27(35-30(39)34-17)19-9-10-23(24(12-19)40-2)42-16-25(37)36-33-14-20-11-21(31)13-22(32)28(20)43-15-18-7-5-4-6-8-18/h4-14,27H,15-16H2,1-3H3,(H,36,37)(H2,34,35,39)/b33-14-/t27-/m1/s1. The van der Waals surface area contributed by atoms with Gasteiger partial charge in [-0.05, 0) is 87.5 Å². The molecule has 0 bridgehead atoms. The van der Waals surface area contributed by atoms with Gasteiger partial charge in [-0.2, -0.15) is 5.10 Å². The number of nitrogens with one attached hydrogen (secondary N) is 3. The molecule has 0 fully saturated rings. The fourth-order valence-corrected chi connectivity index (χ4v) is 6.26. The van der Waals surface area contributed by atoms with E-state index in [1.807, 2.05) is 42.5 Å². The van der Waals surface area contributed by atoms with Crippen molar-refractivity contribution in [2.24, 2.45) is 5.10 Å². The van der Waals surface area contributed by atoms with Crippen molar-refractivity contribution in [3.63, 3.8) is 0 Å². The van der Waals surface area contributed by atoms with Crippen LogP contribution < -0.4 is 30.3 Å². The summed E-state index contributed by atoms with van der Waals surface area (Å²) in [5.74, 6) is 0.175. The van der Waals surface area contributed by atoms with Crippen LogP contribution in [-0.4, -0.2) is 44.9 Å². The molecule has 13 heteroatoms. The largest absolute Gasteiger partial charge is 0.493 e. The Labute approximate surface area is 275 Å². The van der Waals surface area contributed by atoms with Crippen LogP contribution in [0.25, 0.3) is 0 Å². The molecule has 11 nitrogen and oxygen atoms in total. The number of halogens is 2. The van der Waals surface area contributed by atoms with E-state index >= 15 is 0 Å². The van der Waals surface area contributed by atoms with Crippen LogP contribution in [-0.2, 0) is 20.9 Å². The number of allylic oxidation sites excluding steroid dienone is 1. The first-order valence-corrected chi connectivity index (χ1v) is 15.0. The highest BCUT2D eigenvalue weighted by Gasteiger charge is 2.32. The van der Waals surface area contributed by atoms with Gasteiger partial charge in [-0.3, -0.25) is 4.79 Å². The average molecular weight is 810 g/mol. The normalized spacial score (nSPS) is 14.5. The van der Waals surface area contributed by atoms with E-state index in [-0.39, 0.29) is 17.9 Å². The van der Waals surface area contributed by atoms with E-state index in [0.717, 1.165) is 12.7 Å². The number of carbonyl (C=O) groups excluding carboxylic acids is 3. The smallest absolute Gasteiger partial charge is 0.337 e. The third-order valence-electron chi connectivity index (χ3n) is 6.21. The van der Waals surface area contributed by atoms with Gasteiger partial charge < -0.3 is 29.6 Å². The van der Waals surface area contributed by atoms with E-state index < -0.39 is 23.9 Å². The summed E-state index contributed by atoms with van der Waals surface area (Å²) in [6.45, 7) is 1.67. The SMILES string of the molecule is COC(=O)C1=C(C)NC(=O)N[C@@H]1c1ccc(OCC(=O)N/N=C\c2cc(I)cc(I)c2OCc2ccccc2)c(OC)c1. The van der Waals surface area contributed by atoms with Crippen molar-refractivity contribution in [1.29, 1.82) is 0 Å². The molecule has 1 aliphatic rings. The Balaban J connectivity index is 1.41. The minimum Gasteiger partial charge on any atom is -0.493 e. The number of hydrogen-bond donors (Lipinski definition) is 3. The van der Waals surface area contributed by atoms with E-state index in [4.69, 9.17) is 18.9 Å². The Morgan fingerprint density at radius 3 is 2.51 bits per heavy atom. The number of nitrogens with zero attached hydrogens (tertiary/aromatic N) is 1. The van der Waals surface area contributed by atoms with Crippen molar-refractivity contribution in [3.8, 4) is 17.2 Å². The number of hydrazone groups is 1. The van der Waals surface area contributed by atoms with Crippen LogP contribution in [0, 0.1) is 7.14 Å². The Morgan fingerprint density at radius 1 is 1.02 bits per heavy atom. The Bertz CT molecular complexity index is 1580. The number of hydrogen-bond acceptors (Lipinski definition) is 8. The van der Waals surface area contributed by atoms with Crippen LogP contribution in [0.1, 0.15) is 29.7 Å². The fraction of sp³-hybridized carbons (Fsp3) is 0.200. The van der Waals surface area contributed by atoms with Gasteiger partial charge in [0.1, 0.15) is 12.4 Å². The quantitative estimate of drug-likeness (QED) is 0.110. The highest BCUT2D eigenvalue weighted by molar-refractivity contribution is 14.1. The van der Waals surface area contributed by atoms with Gasteiger partial charge in [0, 0.05) is 14.8 Å². The maximum atomic E-state index is 12.5. The first-order chi connectivity index (χ1) is 20.7. The predicted molar refractivity (Wildman–Crippen MR) is 176 cm³/mol. The Morgan fingerprint density at radius 2 is 1.79 bits per heavy atom. The first kappa shape index (κ1) is 32.1. The summed E-state index contributed by atoms with van der Waals surface area (Å²) in [6, 6.07) is 17.4. The third-order valence-corrected chi connectivity index (χ3v) is 7.63. The third kappa shape index (κ3) is 8.37. The van der Waals surface area contributed by atoms with Gasteiger partial charge in [-0.1, -0.05) is 36.4 Å². The molecule has 1 heterocycles. The van der Waals surface area contributed by atoms with E-state index in [9.17, 15) is 14.4 Å². The summed E-state index contributed by atoms with van der Waals surface area (Å²) in [7, 11) is 2.71. The zero-order chi connectivity index (χ0) is 30.9. The molecule has 4 rings (SSSR count). The first-order valence-electron chi connectivity index (χ1n) is 12.8. The number of amides is 3. The maximum absolute atomic E-state index is 12.5. The van der Waals surface area contributed by atoms with Crippen molar-refractivity contribution in [2.45, 2.75) is 19.6 Å². The van der Waals surface area contributed by atoms with Crippen LogP contribution in [0.5, 0.6) is 17.2 Å². The van der Waals surface area contributed by atoms with E-state index in [1.54, 1.807) is 25.1 Å². The van der Waals surface area contributed by atoms with Crippen molar-refractivity contribution in [1.82, 2.24) is 16.1 Å². The van der Waals surface area contributed by atoms with Crippen molar-refractivity contribution in [2.75, 3.05) is 20.8 Å². The zero-order valence-electron chi connectivity index (χ0n) is 23.4. The summed E-state index contributed by atoms with van der Waals surface area (Å²) in [4.78, 5) is 37.0. The van der Waals surface area contributed by atoms with Crippen LogP contribution in [0.15, 0.2) is 77.0 Å². The highest BCUT2D eigenvalue weighted by Crippen LogP contribution is 2.34. The molecule has 1 atom stereocenters. The summed E-state index contributed by atoms with van der Waals surface area (Å²) >= 11 is 4.42. The molecule has 3 aromatic carbocycles. The summed E-state index contributed by atoms with van der Waals surface area (Å²) < 4.78 is 24.0. The lowest BCUT2D eigenvalue weighted by atomic mass is 9.95. The molecule has 0 saturated carbocycles. The number of carbonyl (C=O) groups is 3. The Kier molecular flexibility index (Phi) is 11.2. The van der Waals surface area contributed by atoms with Gasteiger partial charge >= 0.3 is 12.0 Å². The van der Waals surface area contributed by atoms with Gasteiger partial charge in [0.2, 0.25) is 0 Å². The highest BCUT2D eigenvalue weighted by atomic mass is 127. The van der Waals surface area contributed by atoms with Crippen LogP contribution in [0.4, 0.5) is 4.79 Å². The van der Waals surface area contributed by atoms with Crippen molar-refractivity contribution >= 4 is 69.3 Å². The lowest BCUT2D eigenvalue weighted by molar-refractivity contribution is -0.136. The summed E-state index contributed by atoms with van der Waals surface area (Å²) in [6.07, 6.45) is 1.53. The van der Waals surface area contributed by atoms with Gasteiger partial charge in [0.25, 0.3) is 5.91 Å². The van der Waals surface area contributed by atoms with E-state index in [1.165, 1.54) is 20.4 Å². The van der Waals surface area contributed by atoms with Crippen LogP contribution in [0.3, 0.4) is 0 Å². The molecule has 3 N–H and O–H groups in total. The lowest BCUT2D eigenvalue weighted by Gasteiger charge is -2.28. The summed E-state index contributed by atoms with van der Waals surface area (Å²) in [5.41, 5.74) is 5.41. The molecular formula is C30H28I2N4O7. The molecule has 3 aromatic rings. The van der Waals surface area contributed by atoms with Crippen LogP contribution in [0.2, 0.25) is 0 Å². The van der Waals surface area contributed by atoms with Crippen molar-refractivity contribution in [3.05, 3.63) is 95.8 Å². The monoisotopic (exact) mass is 810 g/mol. The molecule has 0 aliphatic carbocycles. The van der Waals surface area contributed by atoms with Crippen LogP contribution >= 0.6 is 45.2 Å². The number of rotatable bonds is 11. The molecule has 0 spiro atoms. The second kappa shape index (κ2) is 15.0. The van der Waals surface area contributed by atoms with E-state index in [0.29, 0.717) is 34.9 Å². The fourth-order valence-electron chi connectivity index (χ4n) is 4.21. The van der Waals surface area contributed by atoms with Gasteiger partial charge in [0.15, 0.2) is 18.1 Å². The van der Waals surface area contributed by atoms with Gasteiger partial charge in [-0.15, -0.1) is 0 Å². The number of benzene rings is 3. The van der Waals surface area contributed by atoms with Gasteiger partial charge in [0.05, 0.1) is 35.6 Å². The van der Waals surface area contributed by atoms with Gasteiger partial charge in [-0.25, -0.2) is 15.0 Å². The molecular weight excluding hydrogens is 782 g/mol. The minimum atomic E-state index is -0.771. The second-order valence-electron chi connectivity index (χ2n) is 9.13. The lowest BCUT2D eigenvalue weighted by Crippen LogP contribution is -2.45. The number of urea groups is 1.